The Balaban J connectivity index is 1.43. The van der Waals surface area contributed by atoms with Crippen molar-refractivity contribution < 1.29 is 19.1 Å². The summed E-state index contributed by atoms with van der Waals surface area (Å²) in [5.41, 5.74) is 3.77. The van der Waals surface area contributed by atoms with Crippen molar-refractivity contribution in [1.29, 1.82) is 0 Å². The first-order valence-electron chi connectivity index (χ1n) is 15.5. The van der Waals surface area contributed by atoms with Crippen molar-refractivity contribution in [2.45, 2.75) is 52.0 Å². The van der Waals surface area contributed by atoms with Gasteiger partial charge in [0.05, 0.1) is 24.4 Å². The lowest BCUT2D eigenvalue weighted by atomic mass is 9.87. The quantitative estimate of drug-likeness (QED) is 0.130. The highest BCUT2D eigenvalue weighted by atomic mass is 16.5. The van der Waals surface area contributed by atoms with Gasteiger partial charge in [0.15, 0.2) is 11.3 Å². The van der Waals surface area contributed by atoms with Crippen LogP contribution in [0.2, 0.25) is 0 Å². The average molecular weight is 618 g/mol. The molecular formula is C35H35N7O4. The van der Waals surface area contributed by atoms with Crippen molar-refractivity contribution >= 4 is 17.7 Å². The third-order valence-electron chi connectivity index (χ3n) is 8.40. The highest BCUT2D eigenvalue weighted by Crippen LogP contribution is 2.40. The minimum Gasteiger partial charge on any atom is -0.464 e. The molecule has 3 heterocycles. The van der Waals surface area contributed by atoms with E-state index in [0.717, 1.165) is 40.3 Å². The van der Waals surface area contributed by atoms with Crippen molar-refractivity contribution in [1.82, 2.24) is 35.1 Å². The summed E-state index contributed by atoms with van der Waals surface area (Å²) in [6.45, 7) is 5.89. The Hall–Kier alpha value is -5.45. The van der Waals surface area contributed by atoms with E-state index < -0.39 is 17.4 Å². The van der Waals surface area contributed by atoms with Crippen molar-refractivity contribution in [3.63, 3.8) is 0 Å². The molecule has 0 spiro atoms. The molecule has 0 bridgehead atoms. The predicted molar refractivity (Wildman–Crippen MR) is 171 cm³/mol. The molecule has 1 aliphatic heterocycles. The molecule has 3 aromatic carbocycles. The lowest BCUT2D eigenvalue weighted by Gasteiger charge is -2.43. The molecule has 0 saturated heterocycles. The van der Waals surface area contributed by atoms with Gasteiger partial charge in [0.1, 0.15) is 5.82 Å². The first-order valence-corrected chi connectivity index (χ1v) is 15.5. The van der Waals surface area contributed by atoms with Crippen LogP contribution >= 0.6 is 0 Å². The molecule has 5 aromatic rings. The maximum atomic E-state index is 13.9. The van der Waals surface area contributed by atoms with Gasteiger partial charge in [-0.15, -0.1) is 10.2 Å². The molecule has 1 N–H and O–H groups in total. The maximum absolute atomic E-state index is 13.9. The summed E-state index contributed by atoms with van der Waals surface area (Å²) in [4.78, 5) is 47.4. The van der Waals surface area contributed by atoms with E-state index in [1.807, 2.05) is 59.2 Å². The molecule has 1 atom stereocenters. The Morgan fingerprint density at radius 1 is 0.935 bits per heavy atom. The van der Waals surface area contributed by atoms with Crippen LogP contribution in [0.3, 0.4) is 0 Å². The molecule has 1 amide bonds. The molecule has 0 radical (unpaired) electrons. The Kier molecular flexibility index (Phi) is 8.56. The van der Waals surface area contributed by atoms with Gasteiger partial charge in [0, 0.05) is 36.2 Å². The Morgan fingerprint density at radius 3 is 2.33 bits per heavy atom. The molecular weight excluding hydrogens is 582 g/mol. The number of rotatable bonds is 10. The van der Waals surface area contributed by atoms with E-state index >= 15 is 0 Å². The van der Waals surface area contributed by atoms with E-state index in [2.05, 4.69) is 27.5 Å². The smallest absolute Gasteiger partial charge is 0.338 e. The van der Waals surface area contributed by atoms with E-state index in [4.69, 9.17) is 9.72 Å². The minimum absolute atomic E-state index is 0.138. The van der Waals surface area contributed by atoms with Gasteiger partial charge in [-0.25, -0.2) is 9.78 Å². The molecule has 0 aliphatic carbocycles. The predicted octanol–water partition coefficient (Wildman–Crippen LogP) is 5.11. The van der Waals surface area contributed by atoms with Crippen molar-refractivity contribution in [3.05, 3.63) is 102 Å². The molecule has 0 fully saturated rings. The van der Waals surface area contributed by atoms with Crippen LogP contribution in [0, 0.1) is 0 Å². The van der Waals surface area contributed by atoms with Crippen molar-refractivity contribution in [3.8, 4) is 28.2 Å². The molecule has 11 heteroatoms. The van der Waals surface area contributed by atoms with Crippen LogP contribution in [0.25, 0.3) is 28.2 Å². The molecule has 6 rings (SSSR count). The maximum Gasteiger partial charge on any atom is 0.338 e. The van der Waals surface area contributed by atoms with Crippen LogP contribution in [-0.4, -0.2) is 65.9 Å². The lowest BCUT2D eigenvalue weighted by molar-refractivity contribution is -0.165. The fourth-order valence-corrected chi connectivity index (χ4v) is 6.24. The standard InChI is InChI=1S/C35H35N7O4/c1-4-11-30-36-28-20-21-41(31(44)22-29(43)24-12-7-6-8-13-24)35(3,34(45)46-5-2)32(28)42(30)25-18-16-23(17-19-25)26-14-9-10-15-27(26)33-37-39-40-38-33/h6-10,12-19H,4-5,11,20-22H2,1-3H3,(H,37,38,39,40). The molecule has 234 valence electrons. The second-order valence-electron chi connectivity index (χ2n) is 11.3. The number of Topliss-reactive ketones (excluding diaryl/α,β-unsaturated/α-hetero) is 1. The number of aryl methyl sites for hydroxylation is 1. The van der Waals surface area contributed by atoms with E-state index in [-0.39, 0.29) is 25.4 Å². The monoisotopic (exact) mass is 617 g/mol. The Morgan fingerprint density at radius 2 is 1.65 bits per heavy atom. The average Bonchev–Trinajstić information content (AvgIpc) is 3.75. The molecule has 1 aliphatic rings. The summed E-state index contributed by atoms with van der Waals surface area (Å²) in [7, 11) is 0. The summed E-state index contributed by atoms with van der Waals surface area (Å²) < 4.78 is 7.61. The second-order valence-corrected chi connectivity index (χ2v) is 11.3. The summed E-state index contributed by atoms with van der Waals surface area (Å²) in [5.74, 6) is -0.0222. The van der Waals surface area contributed by atoms with Gasteiger partial charge in [-0.2, -0.15) is 5.21 Å². The van der Waals surface area contributed by atoms with Gasteiger partial charge in [-0.3, -0.25) is 14.2 Å². The number of H-pyrrole nitrogens is 1. The van der Waals surface area contributed by atoms with Gasteiger partial charge < -0.3 is 9.64 Å². The largest absolute Gasteiger partial charge is 0.464 e. The molecule has 1 unspecified atom stereocenters. The molecule has 11 nitrogen and oxygen atoms in total. The number of tetrazole rings is 1. The number of nitrogens with one attached hydrogen (secondary N) is 1. The normalized spacial score (nSPS) is 15.8. The summed E-state index contributed by atoms with van der Waals surface area (Å²) in [6, 6.07) is 24.5. The number of ketones is 1. The van der Waals surface area contributed by atoms with E-state index in [1.54, 1.807) is 38.1 Å². The van der Waals surface area contributed by atoms with Crippen LogP contribution < -0.4 is 0 Å². The van der Waals surface area contributed by atoms with Gasteiger partial charge in [-0.1, -0.05) is 73.7 Å². The van der Waals surface area contributed by atoms with E-state index in [0.29, 0.717) is 29.9 Å². The number of imidazole rings is 1. The Labute approximate surface area is 266 Å². The number of carbonyl (C=O) groups is 3. The van der Waals surface area contributed by atoms with Gasteiger partial charge in [0.2, 0.25) is 11.7 Å². The lowest BCUT2D eigenvalue weighted by Crippen LogP contribution is -2.57. The number of fused-ring (bicyclic) bond motifs is 1. The molecule has 2 aromatic heterocycles. The number of ether oxygens (including phenoxy) is 1. The Bertz CT molecular complexity index is 1870. The number of aromatic nitrogens is 6. The number of hydrogen-bond acceptors (Lipinski definition) is 8. The molecule has 0 saturated carbocycles. The van der Waals surface area contributed by atoms with Crippen LogP contribution in [0.1, 0.15) is 61.2 Å². The summed E-state index contributed by atoms with van der Waals surface area (Å²) in [6.07, 6.45) is 1.57. The van der Waals surface area contributed by atoms with Crippen LogP contribution in [0.5, 0.6) is 0 Å². The minimum atomic E-state index is -1.51. The highest BCUT2D eigenvalue weighted by Gasteiger charge is 2.52. The topological polar surface area (TPSA) is 136 Å². The first kappa shape index (κ1) is 30.6. The van der Waals surface area contributed by atoms with Gasteiger partial charge in [-0.05, 0) is 48.7 Å². The number of esters is 1. The second kappa shape index (κ2) is 12.9. The zero-order valence-electron chi connectivity index (χ0n) is 26.1. The third-order valence-corrected chi connectivity index (χ3v) is 8.40. The van der Waals surface area contributed by atoms with Crippen LogP contribution in [0.15, 0.2) is 78.9 Å². The summed E-state index contributed by atoms with van der Waals surface area (Å²) in [5, 5.41) is 14.5. The zero-order chi connectivity index (χ0) is 32.3. The number of aromatic amines is 1. The fourth-order valence-electron chi connectivity index (χ4n) is 6.24. The van der Waals surface area contributed by atoms with Gasteiger partial charge in [0.25, 0.3) is 0 Å². The van der Waals surface area contributed by atoms with E-state index in [1.165, 1.54) is 4.90 Å². The number of benzene rings is 3. The number of amides is 1. The van der Waals surface area contributed by atoms with Crippen LogP contribution in [-0.2, 0) is 32.7 Å². The fraction of sp³-hybridized carbons (Fsp3) is 0.286. The van der Waals surface area contributed by atoms with Crippen LogP contribution in [0.4, 0.5) is 0 Å². The zero-order valence-corrected chi connectivity index (χ0v) is 26.1. The molecule has 46 heavy (non-hydrogen) atoms. The summed E-state index contributed by atoms with van der Waals surface area (Å²) >= 11 is 0. The van der Waals surface area contributed by atoms with Gasteiger partial charge >= 0.3 is 5.97 Å². The first-order chi connectivity index (χ1) is 22.4. The SMILES string of the molecule is CCCc1nc2c(n1-c1ccc(-c3ccccc3-c3nn[nH]n3)cc1)C(C)(C(=O)OCC)N(C(=O)CC(=O)c1ccccc1)CC2. The number of carbonyl (C=O) groups excluding carboxylic acids is 3. The number of nitrogens with zero attached hydrogens (tertiary/aromatic N) is 6. The van der Waals surface area contributed by atoms with Crippen molar-refractivity contribution in [2.75, 3.05) is 13.2 Å². The number of hydrogen-bond donors (Lipinski definition) is 1. The van der Waals surface area contributed by atoms with Crippen molar-refractivity contribution in [2.24, 2.45) is 0 Å². The highest BCUT2D eigenvalue weighted by molar-refractivity contribution is 6.08. The van der Waals surface area contributed by atoms with E-state index in [9.17, 15) is 14.4 Å². The third kappa shape index (κ3) is 5.48.